The van der Waals surface area contributed by atoms with Gasteiger partial charge >= 0.3 is 0 Å². The van der Waals surface area contributed by atoms with Gasteiger partial charge in [0.2, 0.25) is 0 Å². The van der Waals surface area contributed by atoms with E-state index in [0.29, 0.717) is 0 Å². The first kappa shape index (κ1) is 19.7. The van der Waals surface area contributed by atoms with Crippen molar-refractivity contribution in [1.82, 2.24) is 4.90 Å². The van der Waals surface area contributed by atoms with Crippen molar-refractivity contribution in [1.29, 1.82) is 0 Å². The number of anilines is 2. The van der Waals surface area contributed by atoms with Crippen molar-refractivity contribution in [3.8, 4) is 0 Å². The van der Waals surface area contributed by atoms with Crippen LogP contribution in [0, 0.1) is 19.8 Å². The second kappa shape index (κ2) is 8.38. The third kappa shape index (κ3) is 3.65. The summed E-state index contributed by atoms with van der Waals surface area (Å²) in [6.07, 6.45) is 5.15. The quantitative estimate of drug-likeness (QED) is 0.673. The SMILES string of the molecule is CCC1CCN(CCCN2c3ccccc3S(=O)c3ccc(C)c(C)c32)CC1. The lowest BCUT2D eigenvalue weighted by molar-refractivity contribution is 0.181. The van der Waals surface area contributed by atoms with E-state index in [1.54, 1.807) is 0 Å². The highest BCUT2D eigenvalue weighted by atomic mass is 32.2. The summed E-state index contributed by atoms with van der Waals surface area (Å²) in [6.45, 7) is 11.2. The number of hydrogen-bond acceptors (Lipinski definition) is 3. The van der Waals surface area contributed by atoms with Crippen LogP contribution in [0.4, 0.5) is 11.4 Å². The largest absolute Gasteiger partial charge is 0.339 e. The molecule has 4 rings (SSSR count). The summed E-state index contributed by atoms with van der Waals surface area (Å²) in [5.41, 5.74) is 4.80. The van der Waals surface area contributed by atoms with Gasteiger partial charge in [-0.15, -0.1) is 0 Å². The first-order chi connectivity index (χ1) is 13.6. The molecule has 28 heavy (non-hydrogen) atoms. The van der Waals surface area contributed by atoms with Crippen LogP contribution >= 0.6 is 0 Å². The molecule has 0 saturated carbocycles. The molecule has 150 valence electrons. The molecule has 1 atom stereocenters. The number of hydrogen-bond donors (Lipinski definition) is 0. The molecule has 2 aromatic carbocycles. The Balaban J connectivity index is 1.55. The van der Waals surface area contributed by atoms with Crippen LogP contribution in [0.5, 0.6) is 0 Å². The second-order valence-corrected chi connectivity index (χ2v) is 9.71. The molecule has 1 unspecified atom stereocenters. The molecule has 3 nitrogen and oxygen atoms in total. The zero-order chi connectivity index (χ0) is 19.7. The van der Waals surface area contributed by atoms with Gasteiger partial charge in [0.25, 0.3) is 0 Å². The Morgan fingerprint density at radius 2 is 1.75 bits per heavy atom. The Labute approximate surface area is 172 Å². The van der Waals surface area contributed by atoms with Crippen molar-refractivity contribution >= 4 is 22.2 Å². The van der Waals surface area contributed by atoms with E-state index in [4.69, 9.17) is 0 Å². The molecule has 2 aliphatic heterocycles. The van der Waals surface area contributed by atoms with Crippen LogP contribution in [-0.4, -0.2) is 35.3 Å². The average molecular weight is 397 g/mol. The summed E-state index contributed by atoms with van der Waals surface area (Å²) in [5, 5.41) is 0. The average Bonchev–Trinajstić information content (AvgIpc) is 2.73. The second-order valence-electron chi connectivity index (χ2n) is 8.29. The van der Waals surface area contributed by atoms with E-state index in [2.05, 4.69) is 54.8 Å². The van der Waals surface area contributed by atoms with Crippen LogP contribution in [0.25, 0.3) is 0 Å². The highest BCUT2D eigenvalue weighted by Crippen LogP contribution is 2.44. The normalized spacial score (nSPS) is 20.1. The molecule has 2 heterocycles. The van der Waals surface area contributed by atoms with E-state index in [1.807, 2.05) is 12.1 Å². The molecule has 2 aromatic rings. The van der Waals surface area contributed by atoms with Gasteiger partial charge in [-0.2, -0.15) is 0 Å². The lowest BCUT2D eigenvalue weighted by atomic mass is 9.94. The topological polar surface area (TPSA) is 23.6 Å². The van der Waals surface area contributed by atoms with Crippen molar-refractivity contribution in [2.45, 2.75) is 56.2 Å². The fourth-order valence-corrected chi connectivity index (χ4v) is 6.08. The standard InChI is InChI=1S/C24H32N2OS/c1-4-20-12-16-25(17-13-20)14-7-15-26-21-8-5-6-9-22(21)28(27)23-11-10-18(2)19(3)24(23)26/h5-6,8-11,20H,4,7,12-17H2,1-3H3. The first-order valence-electron chi connectivity index (χ1n) is 10.7. The van der Waals surface area contributed by atoms with Gasteiger partial charge in [0.05, 0.1) is 32.0 Å². The molecule has 0 N–H and O–H groups in total. The van der Waals surface area contributed by atoms with Crippen molar-refractivity contribution in [2.75, 3.05) is 31.1 Å². The van der Waals surface area contributed by atoms with E-state index < -0.39 is 10.8 Å². The van der Waals surface area contributed by atoms with Crippen LogP contribution in [-0.2, 0) is 10.8 Å². The van der Waals surface area contributed by atoms with Gasteiger partial charge in [-0.1, -0.05) is 31.5 Å². The maximum atomic E-state index is 13.2. The maximum Gasteiger partial charge on any atom is 0.0892 e. The lowest BCUT2D eigenvalue weighted by Gasteiger charge is -2.36. The predicted octanol–water partition coefficient (Wildman–Crippen LogP) is 5.43. The van der Waals surface area contributed by atoms with Crippen molar-refractivity contribution < 1.29 is 4.21 Å². The molecule has 0 aromatic heterocycles. The number of para-hydroxylation sites is 1. The lowest BCUT2D eigenvalue weighted by Crippen LogP contribution is -2.36. The van der Waals surface area contributed by atoms with Crippen LogP contribution in [0.15, 0.2) is 46.2 Å². The van der Waals surface area contributed by atoms with Gasteiger partial charge in [-0.3, -0.25) is 0 Å². The molecular formula is C24H32N2OS. The van der Waals surface area contributed by atoms with Gasteiger partial charge in [0, 0.05) is 6.54 Å². The highest BCUT2D eigenvalue weighted by molar-refractivity contribution is 7.85. The number of fused-ring (bicyclic) bond motifs is 2. The molecule has 0 bridgehead atoms. The van der Waals surface area contributed by atoms with Gasteiger partial charge in [-0.05, 0) is 88.0 Å². The minimum absolute atomic E-state index is 0.928. The fourth-order valence-electron chi connectivity index (χ4n) is 4.64. The molecule has 1 fully saturated rings. The van der Waals surface area contributed by atoms with Gasteiger partial charge in [0.1, 0.15) is 0 Å². The van der Waals surface area contributed by atoms with Crippen molar-refractivity contribution in [3.63, 3.8) is 0 Å². The summed E-state index contributed by atoms with van der Waals surface area (Å²) < 4.78 is 13.2. The van der Waals surface area contributed by atoms with Crippen LogP contribution < -0.4 is 4.90 Å². The molecule has 0 amide bonds. The molecular weight excluding hydrogens is 364 g/mol. The van der Waals surface area contributed by atoms with Crippen molar-refractivity contribution in [3.05, 3.63) is 47.5 Å². The fraction of sp³-hybridized carbons (Fsp3) is 0.500. The number of benzene rings is 2. The molecule has 2 aliphatic rings. The zero-order valence-corrected chi connectivity index (χ0v) is 18.2. The minimum Gasteiger partial charge on any atom is -0.339 e. The summed E-state index contributed by atoms with van der Waals surface area (Å²) in [5.74, 6) is 0.928. The Hall–Kier alpha value is -1.65. The number of likely N-dealkylation sites (tertiary alicyclic amines) is 1. The molecule has 4 heteroatoms. The van der Waals surface area contributed by atoms with Gasteiger partial charge < -0.3 is 9.80 Å². The Kier molecular flexibility index (Phi) is 5.88. The number of rotatable bonds is 5. The van der Waals surface area contributed by atoms with Crippen LogP contribution in [0.1, 0.15) is 43.7 Å². The summed E-state index contributed by atoms with van der Waals surface area (Å²) in [6, 6.07) is 12.4. The van der Waals surface area contributed by atoms with E-state index >= 15 is 0 Å². The third-order valence-corrected chi connectivity index (χ3v) is 8.10. The first-order valence-corrected chi connectivity index (χ1v) is 11.9. The van der Waals surface area contributed by atoms with Crippen LogP contribution in [0.3, 0.4) is 0 Å². The number of piperidine rings is 1. The van der Waals surface area contributed by atoms with Crippen LogP contribution in [0.2, 0.25) is 0 Å². The Morgan fingerprint density at radius 3 is 2.50 bits per heavy atom. The highest BCUT2D eigenvalue weighted by Gasteiger charge is 2.29. The minimum atomic E-state index is -1.10. The third-order valence-electron chi connectivity index (χ3n) is 6.63. The Morgan fingerprint density at radius 1 is 1.00 bits per heavy atom. The monoisotopic (exact) mass is 396 g/mol. The van der Waals surface area contributed by atoms with E-state index in [0.717, 1.165) is 40.9 Å². The summed E-state index contributed by atoms with van der Waals surface area (Å²) >= 11 is 0. The van der Waals surface area contributed by atoms with E-state index in [-0.39, 0.29) is 0 Å². The Bertz CT molecular complexity index is 871. The zero-order valence-electron chi connectivity index (χ0n) is 17.4. The molecule has 1 saturated heterocycles. The maximum absolute atomic E-state index is 13.2. The summed E-state index contributed by atoms with van der Waals surface area (Å²) in [7, 11) is -1.10. The molecule has 0 aliphatic carbocycles. The number of nitrogens with zero attached hydrogens (tertiary/aromatic N) is 2. The van der Waals surface area contributed by atoms with E-state index in [1.165, 1.54) is 49.2 Å². The predicted molar refractivity (Wildman–Crippen MR) is 118 cm³/mol. The smallest absolute Gasteiger partial charge is 0.0892 e. The van der Waals surface area contributed by atoms with Crippen molar-refractivity contribution in [2.24, 2.45) is 5.92 Å². The van der Waals surface area contributed by atoms with Gasteiger partial charge in [-0.25, -0.2) is 4.21 Å². The number of aryl methyl sites for hydroxylation is 1. The molecule has 0 spiro atoms. The summed E-state index contributed by atoms with van der Waals surface area (Å²) in [4.78, 5) is 6.96. The molecule has 0 radical (unpaired) electrons. The van der Waals surface area contributed by atoms with E-state index in [9.17, 15) is 4.21 Å². The van der Waals surface area contributed by atoms with Gasteiger partial charge in [0.15, 0.2) is 0 Å².